The van der Waals surface area contributed by atoms with E-state index in [1.807, 2.05) is 12.1 Å². The van der Waals surface area contributed by atoms with Gasteiger partial charge in [-0.3, -0.25) is 4.98 Å². The molecular weight excluding hydrogens is 202 g/mol. The van der Waals surface area contributed by atoms with Crippen LogP contribution >= 0.6 is 0 Å². The van der Waals surface area contributed by atoms with Crippen molar-refractivity contribution < 1.29 is 10.2 Å². The minimum absolute atomic E-state index is 0.206. The molecule has 3 heteroatoms. The zero-order valence-corrected chi connectivity index (χ0v) is 8.74. The van der Waals surface area contributed by atoms with E-state index in [1.54, 1.807) is 36.7 Å². The SMILES string of the molecule is Oc1ccc([C@H](O)Cc2cccnc2)cc1. The molecule has 0 bridgehead atoms. The third-order valence-corrected chi connectivity index (χ3v) is 2.43. The van der Waals surface area contributed by atoms with E-state index >= 15 is 0 Å². The van der Waals surface area contributed by atoms with Crippen LogP contribution in [0.2, 0.25) is 0 Å². The third kappa shape index (κ3) is 2.58. The first kappa shape index (κ1) is 10.6. The Hall–Kier alpha value is -1.87. The number of benzene rings is 1. The summed E-state index contributed by atoms with van der Waals surface area (Å²) in [6, 6.07) is 10.4. The number of aromatic nitrogens is 1. The zero-order valence-electron chi connectivity index (χ0n) is 8.74. The average molecular weight is 215 g/mol. The first-order valence-electron chi connectivity index (χ1n) is 5.11. The van der Waals surface area contributed by atoms with Gasteiger partial charge in [-0.2, -0.15) is 0 Å². The van der Waals surface area contributed by atoms with Gasteiger partial charge in [-0.1, -0.05) is 18.2 Å². The summed E-state index contributed by atoms with van der Waals surface area (Å²) in [5, 5.41) is 19.1. The number of phenols is 1. The predicted octanol–water partition coefficient (Wildman–Crippen LogP) is 2.06. The molecule has 0 radical (unpaired) electrons. The Morgan fingerprint density at radius 3 is 2.50 bits per heavy atom. The van der Waals surface area contributed by atoms with Crippen molar-refractivity contribution in [2.24, 2.45) is 0 Å². The maximum Gasteiger partial charge on any atom is 0.115 e. The normalized spacial score (nSPS) is 12.3. The maximum absolute atomic E-state index is 9.96. The fourth-order valence-electron chi connectivity index (χ4n) is 1.56. The van der Waals surface area contributed by atoms with Gasteiger partial charge in [-0.15, -0.1) is 0 Å². The predicted molar refractivity (Wildman–Crippen MR) is 61.0 cm³/mol. The zero-order chi connectivity index (χ0) is 11.4. The van der Waals surface area contributed by atoms with Crippen LogP contribution in [0.25, 0.3) is 0 Å². The van der Waals surface area contributed by atoms with Crippen LogP contribution in [0.5, 0.6) is 5.75 Å². The fourth-order valence-corrected chi connectivity index (χ4v) is 1.56. The van der Waals surface area contributed by atoms with Crippen molar-refractivity contribution in [3.8, 4) is 5.75 Å². The van der Waals surface area contributed by atoms with Gasteiger partial charge in [0, 0.05) is 18.8 Å². The Balaban J connectivity index is 2.09. The largest absolute Gasteiger partial charge is 0.508 e. The summed E-state index contributed by atoms with van der Waals surface area (Å²) in [6.07, 6.45) is 3.41. The molecule has 0 saturated carbocycles. The molecule has 1 aromatic carbocycles. The van der Waals surface area contributed by atoms with E-state index in [-0.39, 0.29) is 5.75 Å². The highest BCUT2D eigenvalue weighted by molar-refractivity contribution is 5.28. The average Bonchev–Trinajstić information content (AvgIpc) is 2.31. The van der Waals surface area contributed by atoms with Crippen LogP contribution in [0.1, 0.15) is 17.2 Å². The quantitative estimate of drug-likeness (QED) is 0.824. The summed E-state index contributed by atoms with van der Waals surface area (Å²) in [7, 11) is 0. The second kappa shape index (κ2) is 4.77. The Morgan fingerprint density at radius 1 is 1.12 bits per heavy atom. The van der Waals surface area contributed by atoms with Crippen molar-refractivity contribution in [1.29, 1.82) is 0 Å². The molecule has 0 amide bonds. The van der Waals surface area contributed by atoms with Crippen molar-refractivity contribution in [2.45, 2.75) is 12.5 Å². The van der Waals surface area contributed by atoms with E-state index in [1.165, 1.54) is 0 Å². The molecule has 0 saturated heterocycles. The Morgan fingerprint density at radius 2 is 1.88 bits per heavy atom. The molecule has 2 N–H and O–H groups in total. The van der Waals surface area contributed by atoms with Crippen molar-refractivity contribution in [3.63, 3.8) is 0 Å². The minimum atomic E-state index is -0.565. The van der Waals surface area contributed by atoms with Gasteiger partial charge in [0.15, 0.2) is 0 Å². The van der Waals surface area contributed by atoms with E-state index in [0.717, 1.165) is 11.1 Å². The molecule has 0 aliphatic rings. The molecule has 3 nitrogen and oxygen atoms in total. The molecule has 0 fully saturated rings. The smallest absolute Gasteiger partial charge is 0.115 e. The summed E-state index contributed by atoms with van der Waals surface area (Å²) in [5.41, 5.74) is 1.78. The van der Waals surface area contributed by atoms with Crippen LogP contribution in [-0.4, -0.2) is 15.2 Å². The lowest BCUT2D eigenvalue weighted by molar-refractivity contribution is 0.178. The van der Waals surface area contributed by atoms with Crippen LogP contribution in [0.3, 0.4) is 0 Å². The standard InChI is InChI=1S/C13H13NO2/c15-12-5-3-11(4-6-12)13(16)8-10-2-1-7-14-9-10/h1-7,9,13,15-16H,8H2/t13-/m1/s1. The monoisotopic (exact) mass is 215 g/mol. The van der Waals surface area contributed by atoms with Crippen LogP contribution in [0, 0.1) is 0 Å². The van der Waals surface area contributed by atoms with E-state index < -0.39 is 6.10 Å². The van der Waals surface area contributed by atoms with Crippen molar-refractivity contribution in [2.75, 3.05) is 0 Å². The number of aromatic hydroxyl groups is 1. The summed E-state index contributed by atoms with van der Waals surface area (Å²) < 4.78 is 0. The molecule has 0 unspecified atom stereocenters. The lowest BCUT2D eigenvalue weighted by Crippen LogP contribution is -2.01. The molecule has 0 spiro atoms. The van der Waals surface area contributed by atoms with Crippen molar-refractivity contribution in [3.05, 3.63) is 59.9 Å². The first-order chi connectivity index (χ1) is 7.75. The van der Waals surface area contributed by atoms with Gasteiger partial charge >= 0.3 is 0 Å². The lowest BCUT2D eigenvalue weighted by atomic mass is 10.0. The van der Waals surface area contributed by atoms with Gasteiger partial charge in [-0.25, -0.2) is 0 Å². The van der Waals surface area contributed by atoms with Crippen LogP contribution in [0.15, 0.2) is 48.8 Å². The summed E-state index contributed by atoms with van der Waals surface area (Å²) in [4.78, 5) is 3.99. The van der Waals surface area contributed by atoms with Crippen LogP contribution in [0.4, 0.5) is 0 Å². The molecule has 1 aromatic heterocycles. The second-order valence-electron chi connectivity index (χ2n) is 3.67. The topological polar surface area (TPSA) is 53.4 Å². The number of aliphatic hydroxyl groups is 1. The van der Waals surface area contributed by atoms with Crippen LogP contribution < -0.4 is 0 Å². The highest BCUT2D eigenvalue weighted by atomic mass is 16.3. The number of hydrogen-bond acceptors (Lipinski definition) is 3. The van der Waals surface area contributed by atoms with Gasteiger partial charge in [0.2, 0.25) is 0 Å². The molecule has 1 heterocycles. The summed E-state index contributed by atoms with van der Waals surface area (Å²) >= 11 is 0. The fraction of sp³-hybridized carbons (Fsp3) is 0.154. The highest BCUT2D eigenvalue weighted by Gasteiger charge is 2.08. The molecule has 16 heavy (non-hydrogen) atoms. The van der Waals surface area contributed by atoms with E-state index in [4.69, 9.17) is 5.11 Å². The first-order valence-corrected chi connectivity index (χ1v) is 5.11. The van der Waals surface area contributed by atoms with Crippen molar-refractivity contribution in [1.82, 2.24) is 4.98 Å². The van der Waals surface area contributed by atoms with Gasteiger partial charge < -0.3 is 10.2 Å². The van der Waals surface area contributed by atoms with E-state index in [0.29, 0.717) is 6.42 Å². The van der Waals surface area contributed by atoms with Gasteiger partial charge in [-0.05, 0) is 29.3 Å². The minimum Gasteiger partial charge on any atom is -0.508 e. The Kier molecular flexibility index (Phi) is 3.17. The second-order valence-corrected chi connectivity index (χ2v) is 3.67. The molecular formula is C13H13NO2. The number of hydrogen-bond donors (Lipinski definition) is 2. The molecule has 0 aliphatic heterocycles. The maximum atomic E-state index is 9.96. The molecule has 0 aliphatic carbocycles. The Bertz CT molecular complexity index is 439. The number of aliphatic hydroxyl groups excluding tert-OH is 1. The van der Waals surface area contributed by atoms with E-state index in [9.17, 15) is 5.11 Å². The van der Waals surface area contributed by atoms with Crippen LogP contribution in [-0.2, 0) is 6.42 Å². The number of phenolic OH excluding ortho intramolecular Hbond substituents is 1. The summed E-state index contributed by atoms with van der Waals surface area (Å²) in [6.45, 7) is 0. The van der Waals surface area contributed by atoms with Gasteiger partial charge in [0.1, 0.15) is 5.75 Å². The number of pyridine rings is 1. The molecule has 2 aromatic rings. The lowest BCUT2D eigenvalue weighted by Gasteiger charge is -2.10. The highest BCUT2D eigenvalue weighted by Crippen LogP contribution is 2.20. The van der Waals surface area contributed by atoms with E-state index in [2.05, 4.69) is 4.98 Å². The molecule has 1 atom stereocenters. The number of rotatable bonds is 3. The third-order valence-electron chi connectivity index (χ3n) is 2.43. The molecule has 82 valence electrons. The Labute approximate surface area is 94.0 Å². The van der Waals surface area contributed by atoms with Crippen molar-refractivity contribution >= 4 is 0 Å². The van der Waals surface area contributed by atoms with Gasteiger partial charge in [0.25, 0.3) is 0 Å². The number of nitrogens with zero attached hydrogens (tertiary/aromatic N) is 1. The van der Waals surface area contributed by atoms with Gasteiger partial charge in [0.05, 0.1) is 6.10 Å². The summed E-state index contributed by atoms with van der Waals surface area (Å²) in [5.74, 6) is 0.206. The molecule has 2 rings (SSSR count).